The predicted molar refractivity (Wildman–Crippen MR) is 228 cm³/mol. The van der Waals surface area contributed by atoms with Gasteiger partial charge in [-0.05, 0) is 85.9 Å². The molecule has 4 N–H and O–H groups in total. The summed E-state index contributed by atoms with van der Waals surface area (Å²) in [6, 6.07) is 44.1. The summed E-state index contributed by atoms with van der Waals surface area (Å²) in [5, 5.41) is 28.4. The van der Waals surface area contributed by atoms with Gasteiger partial charge >= 0.3 is 0 Å². The first kappa shape index (κ1) is 47.2. The first-order chi connectivity index (χ1) is 27.9. The van der Waals surface area contributed by atoms with Gasteiger partial charge in [0.05, 0.1) is 33.0 Å². The predicted octanol–water partition coefficient (Wildman–Crippen LogP) is 7.96. The van der Waals surface area contributed by atoms with Crippen LogP contribution in [0.2, 0.25) is 5.02 Å². The van der Waals surface area contributed by atoms with Crippen LogP contribution in [0.1, 0.15) is 53.3 Å². The number of nitrogens with one attached hydrogen (secondary N) is 1. The monoisotopic (exact) mass is 801 g/mol. The zero-order valence-corrected chi connectivity index (χ0v) is 34.8. The van der Waals surface area contributed by atoms with Crippen molar-refractivity contribution in [2.75, 3.05) is 41.5 Å². The maximum absolute atomic E-state index is 11.0. The Balaban J connectivity index is 0.00000117. The van der Waals surface area contributed by atoms with Gasteiger partial charge in [-0.3, -0.25) is 0 Å². The van der Waals surface area contributed by atoms with Crippen LogP contribution in [0.3, 0.4) is 0 Å². The largest absolute Gasteiger partial charge is 0.494 e. The number of rotatable bonds is 15. The molecule has 6 rings (SSSR count). The summed E-state index contributed by atoms with van der Waals surface area (Å²) in [6.07, 6.45) is -1.86. The van der Waals surface area contributed by atoms with Crippen LogP contribution >= 0.6 is 11.6 Å². The lowest BCUT2D eigenvalue weighted by Crippen LogP contribution is -2.64. The fraction of sp³-hybridized carbons (Fsp3) is 0.362. The Morgan fingerprint density at radius 2 is 1.12 bits per heavy atom. The van der Waals surface area contributed by atoms with Gasteiger partial charge in [-0.25, -0.2) is 0 Å². The maximum Gasteiger partial charge on any atom is 0.119 e. The molecule has 1 saturated heterocycles. The van der Waals surface area contributed by atoms with Gasteiger partial charge in [0.1, 0.15) is 35.8 Å². The van der Waals surface area contributed by atoms with Crippen molar-refractivity contribution >= 4 is 11.6 Å². The second-order valence-corrected chi connectivity index (χ2v) is 13.8. The Morgan fingerprint density at radius 3 is 1.60 bits per heavy atom. The molecule has 308 valence electrons. The summed E-state index contributed by atoms with van der Waals surface area (Å²) in [5.41, 5.74) is 4.87. The molecule has 0 radical (unpaired) electrons. The lowest BCUT2D eigenvalue weighted by atomic mass is 9.83. The molecule has 57 heavy (non-hydrogen) atoms. The Morgan fingerprint density at radius 1 is 0.649 bits per heavy atom. The third-order valence-electron chi connectivity index (χ3n) is 9.10. The highest BCUT2D eigenvalue weighted by Gasteiger charge is 2.54. The molecule has 10 heteroatoms. The van der Waals surface area contributed by atoms with E-state index in [-0.39, 0.29) is 6.61 Å². The van der Waals surface area contributed by atoms with E-state index in [1.54, 1.807) is 0 Å². The minimum absolute atomic E-state index is 0.286. The molecule has 2 unspecified atom stereocenters. The van der Waals surface area contributed by atoms with Crippen LogP contribution in [-0.2, 0) is 45.2 Å². The van der Waals surface area contributed by atoms with Crippen LogP contribution in [-0.4, -0.2) is 80.8 Å². The molecule has 1 aliphatic heterocycles. The number of hydrogen-bond acceptors (Lipinski definition) is 9. The number of benzene rings is 5. The van der Waals surface area contributed by atoms with E-state index in [4.69, 9.17) is 45.5 Å². The molecule has 1 fully saturated rings. The van der Waals surface area contributed by atoms with E-state index in [2.05, 4.69) is 23.5 Å². The minimum Gasteiger partial charge on any atom is -0.494 e. The molecule has 1 heterocycles. The zero-order chi connectivity index (χ0) is 41.5. The van der Waals surface area contributed by atoms with Crippen LogP contribution in [0.25, 0.3) is 0 Å². The Kier molecular flexibility index (Phi) is 21.5. The van der Waals surface area contributed by atoms with Gasteiger partial charge in [-0.2, -0.15) is 0 Å². The van der Waals surface area contributed by atoms with Crippen molar-refractivity contribution in [3.8, 4) is 5.75 Å². The topological polar surface area (TPSA) is 119 Å². The molecule has 5 aromatic rings. The van der Waals surface area contributed by atoms with Gasteiger partial charge in [0.25, 0.3) is 0 Å². The van der Waals surface area contributed by atoms with Crippen molar-refractivity contribution in [1.82, 2.24) is 5.32 Å². The standard InChI is InChI=1S/C43H45ClO6.C2H7N.2CH4O/c1-3-46-37-22-19-31(20-23-37)25-36-26-35(21-24-38(36)44)39-40(47-27-32-13-7-4-8-14-32)41(48-28-33-15-9-5-10-16-33)42(43(2,30-45)50-39)49-29-34-17-11-6-12-18-34;1-3-2;2*1-2/h4-24,26,39-42,45H,3,25,27-30H2,1-2H3;3H,1-2H3;2*2H,1H3/t39?,40-,41?,42-,43+;;;/m0.../s1. The Hall–Kier alpha value is -4.13. The number of ether oxygens (including phenoxy) is 5. The molecule has 5 atom stereocenters. The highest BCUT2D eigenvalue weighted by atomic mass is 35.5. The van der Waals surface area contributed by atoms with E-state index in [0.29, 0.717) is 37.9 Å². The van der Waals surface area contributed by atoms with Crippen molar-refractivity contribution in [3.05, 3.63) is 172 Å². The van der Waals surface area contributed by atoms with Gasteiger partial charge in [0.15, 0.2) is 0 Å². The quantitative estimate of drug-likeness (QED) is 0.0837. The Bertz CT molecular complexity index is 1780. The number of aliphatic hydroxyl groups excluding tert-OH is 3. The van der Waals surface area contributed by atoms with Crippen LogP contribution in [0.5, 0.6) is 5.75 Å². The average molecular weight is 802 g/mol. The summed E-state index contributed by atoms with van der Waals surface area (Å²) < 4.78 is 32.9. The normalized spacial score (nSPS) is 19.8. The van der Waals surface area contributed by atoms with Crippen LogP contribution in [0, 0.1) is 0 Å². The summed E-state index contributed by atoms with van der Waals surface area (Å²) in [7, 11) is 5.75. The lowest BCUT2D eigenvalue weighted by molar-refractivity contribution is -0.306. The number of aliphatic hydroxyl groups is 3. The fourth-order valence-corrected chi connectivity index (χ4v) is 6.61. The molecule has 0 aliphatic carbocycles. The SMILES string of the molecule is CCOc1ccc(Cc2cc(C3O[C@](C)(CO)[C@@H](OCc4ccccc4)C(OCc4ccccc4)[C@H]3OCc3ccccc3)ccc2Cl)cc1.CNC.CO.CO. The molecule has 0 spiro atoms. The first-order valence-electron chi connectivity index (χ1n) is 19.1. The second kappa shape index (κ2) is 26.0. The molecule has 1 aliphatic rings. The molecular formula is C47H60ClNO8. The maximum atomic E-state index is 11.0. The van der Waals surface area contributed by atoms with Gasteiger partial charge < -0.3 is 44.3 Å². The molecule has 0 bridgehead atoms. The summed E-state index contributed by atoms with van der Waals surface area (Å²) in [4.78, 5) is 0. The van der Waals surface area contributed by atoms with E-state index >= 15 is 0 Å². The molecule has 5 aromatic carbocycles. The van der Waals surface area contributed by atoms with Crippen molar-refractivity contribution in [3.63, 3.8) is 0 Å². The summed E-state index contributed by atoms with van der Waals surface area (Å²) >= 11 is 6.81. The second-order valence-electron chi connectivity index (χ2n) is 13.4. The number of halogens is 1. The first-order valence-corrected chi connectivity index (χ1v) is 19.5. The van der Waals surface area contributed by atoms with E-state index in [1.165, 1.54) is 0 Å². The van der Waals surface area contributed by atoms with Gasteiger partial charge in [0.2, 0.25) is 0 Å². The molecule has 0 aromatic heterocycles. The molecule has 0 amide bonds. The van der Waals surface area contributed by atoms with Crippen LogP contribution in [0.15, 0.2) is 133 Å². The van der Waals surface area contributed by atoms with Gasteiger partial charge in [-0.15, -0.1) is 0 Å². The molecular weight excluding hydrogens is 742 g/mol. The van der Waals surface area contributed by atoms with Gasteiger partial charge in [-0.1, -0.05) is 127 Å². The van der Waals surface area contributed by atoms with E-state index < -0.39 is 30.0 Å². The average Bonchev–Trinajstić information content (AvgIpc) is 3.26. The minimum atomic E-state index is -1.12. The highest BCUT2D eigenvalue weighted by Crippen LogP contribution is 2.43. The Labute approximate surface area is 344 Å². The van der Waals surface area contributed by atoms with Crippen LogP contribution < -0.4 is 10.1 Å². The summed E-state index contributed by atoms with van der Waals surface area (Å²) in [6.45, 7) is 5.18. The zero-order valence-electron chi connectivity index (χ0n) is 34.0. The van der Waals surface area contributed by atoms with Crippen LogP contribution in [0.4, 0.5) is 0 Å². The smallest absolute Gasteiger partial charge is 0.119 e. The van der Waals surface area contributed by atoms with E-state index in [9.17, 15) is 5.11 Å². The van der Waals surface area contributed by atoms with E-state index in [1.807, 2.05) is 143 Å². The van der Waals surface area contributed by atoms with Crippen molar-refractivity contribution in [2.45, 2.75) is 70.1 Å². The van der Waals surface area contributed by atoms with E-state index in [0.717, 1.165) is 53.3 Å². The number of hydrogen-bond donors (Lipinski definition) is 4. The fourth-order valence-electron chi connectivity index (χ4n) is 6.43. The molecule has 9 nitrogen and oxygen atoms in total. The third-order valence-corrected chi connectivity index (χ3v) is 9.47. The van der Waals surface area contributed by atoms with Gasteiger partial charge in [0, 0.05) is 19.2 Å². The third kappa shape index (κ3) is 14.3. The molecule has 0 saturated carbocycles. The van der Waals surface area contributed by atoms with Crippen molar-refractivity contribution in [2.24, 2.45) is 0 Å². The van der Waals surface area contributed by atoms with Crippen molar-refractivity contribution < 1.29 is 39.0 Å². The lowest BCUT2D eigenvalue weighted by Gasteiger charge is -2.51. The highest BCUT2D eigenvalue weighted by molar-refractivity contribution is 6.31. The summed E-state index contributed by atoms with van der Waals surface area (Å²) in [5.74, 6) is 0.832. The van der Waals surface area contributed by atoms with Crippen molar-refractivity contribution in [1.29, 1.82) is 0 Å².